The van der Waals surface area contributed by atoms with Gasteiger partial charge in [-0.15, -0.1) is 10.2 Å². The lowest BCUT2D eigenvalue weighted by Gasteiger charge is -2.20. The number of nitrogens with zero attached hydrogens (tertiary/aromatic N) is 6. The van der Waals surface area contributed by atoms with Gasteiger partial charge in [-0.05, 0) is 42.5 Å². The van der Waals surface area contributed by atoms with Crippen molar-refractivity contribution in [1.82, 2.24) is 29.3 Å². The highest BCUT2D eigenvalue weighted by Crippen LogP contribution is 2.31. The van der Waals surface area contributed by atoms with Crippen molar-refractivity contribution in [3.05, 3.63) is 96.6 Å². The monoisotopic (exact) mass is 453 g/mol. The van der Waals surface area contributed by atoms with Gasteiger partial charge in [0, 0.05) is 11.3 Å². The number of hydrogen-bond donors (Lipinski definition) is 1. The van der Waals surface area contributed by atoms with E-state index in [-0.39, 0.29) is 6.61 Å². The number of fused-ring (bicyclic) bond motifs is 3. The van der Waals surface area contributed by atoms with E-state index in [2.05, 4.69) is 25.5 Å². The highest BCUT2D eigenvalue weighted by atomic mass is 19.1. The Kier molecular flexibility index (Phi) is 4.61. The molecule has 0 unspecified atom stereocenters. The number of para-hydroxylation sites is 1. The van der Waals surface area contributed by atoms with E-state index in [1.165, 1.54) is 10.8 Å². The number of carbonyl (C=O) groups is 1. The molecule has 1 N–H and O–H groups in total. The summed E-state index contributed by atoms with van der Waals surface area (Å²) >= 11 is 0. The summed E-state index contributed by atoms with van der Waals surface area (Å²) < 4.78 is 23.0. The minimum absolute atomic E-state index is 0.208. The third kappa shape index (κ3) is 3.37. The second-order valence-electron chi connectivity index (χ2n) is 7.55. The first-order valence-corrected chi connectivity index (χ1v) is 10.4. The van der Waals surface area contributed by atoms with Crippen LogP contribution in [0, 0.1) is 6.08 Å². The van der Waals surface area contributed by atoms with Gasteiger partial charge in [-0.3, -0.25) is 13.9 Å². The van der Waals surface area contributed by atoms with Crippen molar-refractivity contribution < 1.29 is 13.9 Å². The molecule has 34 heavy (non-hydrogen) atoms. The smallest absolute Gasteiger partial charge is 0.294 e. The van der Waals surface area contributed by atoms with Gasteiger partial charge in [0.2, 0.25) is 0 Å². The predicted molar refractivity (Wildman–Crippen MR) is 120 cm³/mol. The van der Waals surface area contributed by atoms with Gasteiger partial charge in [-0.2, -0.15) is 4.39 Å². The van der Waals surface area contributed by atoms with Crippen LogP contribution in [0.5, 0.6) is 5.75 Å². The van der Waals surface area contributed by atoms with Gasteiger partial charge in [0.1, 0.15) is 30.2 Å². The predicted octanol–water partition coefficient (Wildman–Crippen LogP) is 3.80. The average molecular weight is 453 g/mol. The molecular formula is C24H16FN7O2. The number of halogens is 1. The number of imidazole rings is 1. The van der Waals surface area contributed by atoms with Gasteiger partial charge < -0.3 is 10.1 Å². The Hall–Kier alpha value is -4.86. The molecule has 1 aliphatic heterocycles. The Morgan fingerprint density at radius 1 is 1.06 bits per heavy atom. The van der Waals surface area contributed by atoms with Crippen LogP contribution >= 0.6 is 0 Å². The van der Waals surface area contributed by atoms with Gasteiger partial charge in [0.05, 0.1) is 17.6 Å². The summed E-state index contributed by atoms with van der Waals surface area (Å²) in [5.41, 5.74) is 2.74. The molecule has 0 fully saturated rings. The number of carbonyl (C=O) groups excluding carboxylic acids is 1. The van der Waals surface area contributed by atoms with Crippen molar-refractivity contribution in [3.63, 3.8) is 0 Å². The number of amides is 1. The molecule has 0 bridgehead atoms. The second-order valence-corrected chi connectivity index (χ2v) is 7.55. The van der Waals surface area contributed by atoms with Gasteiger partial charge in [0.25, 0.3) is 12.0 Å². The molecule has 1 aliphatic rings. The molecule has 9 nitrogen and oxygen atoms in total. The number of rotatable bonds is 4. The first-order chi connectivity index (χ1) is 16.7. The van der Waals surface area contributed by atoms with Gasteiger partial charge >= 0.3 is 0 Å². The first-order valence-electron chi connectivity index (χ1n) is 10.4. The summed E-state index contributed by atoms with van der Waals surface area (Å²) in [6.07, 6.45) is 2.36. The molecule has 1 amide bonds. The van der Waals surface area contributed by atoms with Crippen molar-refractivity contribution >= 4 is 11.7 Å². The Labute approximate surface area is 192 Å². The zero-order valence-corrected chi connectivity index (χ0v) is 17.6. The number of hydrogen-bond acceptors (Lipinski definition) is 6. The molecule has 0 atom stereocenters. The molecule has 5 aromatic rings. The molecule has 166 valence electrons. The van der Waals surface area contributed by atoms with E-state index in [4.69, 9.17) is 4.74 Å². The largest absolute Gasteiger partial charge is 0.485 e. The van der Waals surface area contributed by atoms with E-state index < -0.39 is 12.0 Å². The summed E-state index contributed by atoms with van der Waals surface area (Å²) in [5, 5.41) is 11.0. The van der Waals surface area contributed by atoms with E-state index in [1.54, 1.807) is 42.7 Å². The lowest BCUT2D eigenvalue weighted by Crippen LogP contribution is -2.17. The first kappa shape index (κ1) is 19.8. The van der Waals surface area contributed by atoms with Crippen LogP contribution < -0.4 is 10.1 Å². The Bertz CT molecular complexity index is 1530. The number of anilines is 1. The molecule has 4 heterocycles. The fraction of sp³-hybridized carbons (Fsp3) is 0.0417. The van der Waals surface area contributed by atoms with Gasteiger partial charge in [-0.25, -0.2) is 9.97 Å². The van der Waals surface area contributed by atoms with Crippen molar-refractivity contribution in [2.45, 2.75) is 6.61 Å². The fourth-order valence-corrected chi connectivity index (χ4v) is 3.83. The summed E-state index contributed by atoms with van der Waals surface area (Å²) in [6, 6.07) is 19.7. The van der Waals surface area contributed by atoms with Crippen LogP contribution in [0.25, 0.3) is 22.9 Å². The van der Waals surface area contributed by atoms with Crippen LogP contribution in [0.4, 0.5) is 10.2 Å². The summed E-state index contributed by atoms with van der Waals surface area (Å²) in [5.74, 6) is 0.955. The SMILES string of the molecule is O=C(Nc1cccc(-c2nncn2-c2ccccc2)n1)c1ccc2c(c1)-n1c(cnc1F)CO2. The quantitative estimate of drug-likeness (QED) is 0.444. The van der Waals surface area contributed by atoms with Crippen molar-refractivity contribution in [2.75, 3.05) is 5.32 Å². The fourth-order valence-electron chi connectivity index (χ4n) is 3.83. The third-order valence-corrected chi connectivity index (χ3v) is 5.43. The zero-order valence-electron chi connectivity index (χ0n) is 17.6. The third-order valence-electron chi connectivity index (χ3n) is 5.43. The molecule has 2 aromatic carbocycles. The van der Waals surface area contributed by atoms with Crippen LogP contribution in [0.2, 0.25) is 0 Å². The molecule has 0 spiro atoms. The van der Waals surface area contributed by atoms with E-state index in [9.17, 15) is 9.18 Å². The maximum absolute atomic E-state index is 14.2. The maximum atomic E-state index is 14.2. The summed E-state index contributed by atoms with van der Waals surface area (Å²) in [4.78, 5) is 21.2. The molecule has 0 saturated carbocycles. The Morgan fingerprint density at radius 2 is 1.94 bits per heavy atom. The molecule has 6 rings (SSSR count). The number of benzene rings is 2. The molecule has 3 aromatic heterocycles. The number of ether oxygens (including phenoxy) is 1. The van der Waals surface area contributed by atoms with Crippen molar-refractivity contribution in [2.24, 2.45) is 0 Å². The lowest BCUT2D eigenvalue weighted by molar-refractivity contribution is 0.102. The van der Waals surface area contributed by atoms with Crippen LogP contribution in [0.15, 0.2) is 79.3 Å². The molecule has 10 heteroatoms. The van der Waals surface area contributed by atoms with Gasteiger partial charge in [0.15, 0.2) is 5.82 Å². The van der Waals surface area contributed by atoms with Crippen molar-refractivity contribution in [3.8, 4) is 28.6 Å². The highest BCUT2D eigenvalue weighted by molar-refractivity contribution is 6.04. The number of pyridine rings is 1. The van der Waals surface area contributed by atoms with E-state index >= 15 is 0 Å². The van der Waals surface area contributed by atoms with Crippen LogP contribution in [-0.4, -0.2) is 35.2 Å². The lowest BCUT2D eigenvalue weighted by atomic mass is 10.1. The van der Waals surface area contributed by atoms with Crippen LogP contribution in [0.1, 0.15) is 16.1 Å². The van der Waals surface area contributed by atoms with E-state index in [0.717, 1.165) is 5.69 Å². The second kappa shape index (κ2) is 7.93. The summed E-state index contributed by atoms with van der Waals surface area (Å²) in [6.45, 7) is 0.208. The Balaban J connectivity index is 1.29. The normalized spacial score (nSPS) is 11.9. The maximum Gasteiger partial charge on any atom is 0.294 e. The highest BCUT2D eigenvalue weighted by Gasteiger charge is 2.22. The average Bonchev–Trinajstić information content (AvgIpc) is 3.52. The molecular weight excluding hydrogens is 437 g/mol. The molecule has 0 radical (unpaired) electrons. The molecule has 0 aliphatic carbocycles. The molecule has 0 saturated heterocycles. The number of nitrogens with one attached hydrogen (secondary N) is 1. The van der Waals surface area contributed by atoms with E-state index in [1.807, 2.05) is 34.9 Å². The Morgan fingerprint density at radius 3 is 2.82 bits per heavy atom. The summed E-state index contributed by atoms with van der Waals surface area (Å²) in [7, 11) is 0. The minimum atomic E-state index is -0.658. The van der Waals surface area contributed by atoms with Crippen LogP contribution in [-0.2, 0) is 6.61 Å². The van der Waals surface area contributed by atoms with Gasteiger partial charge in [-0.1, -0.05) is 24.3 Å². The van der Waals surface area contributed by atoms with Crippen LogP contribution in [0.3, 0.4) is 0 Å². The zero-order chi connectivity index (χ0) is 23.1. The van der Waals surface area contributed by atoms with E-state index in [0.29, 0.717) is 40.0 Å². The van der Waals surface area contributed by atoms with Crippen molar-refractivity contribution in [1.29, 1.82) is 0 Å². The minimum Gasteiger partial charge on any atom is -0.485 e. The number of aromatic nitrogens is 6. The standard InChI is InChI=1S/C24H16FN7O2/c25-24-26-12-17-13-34-20-10-9-15(11-19(20)32(17)24)23(33)29-21-8-4-7-18(28-21)22-30-27-14-31(22)16-5-2-1-3-6-16/h1-12,14H,13H2,(H,28,29,33). The topological polar surface area (TPSA) is 99.8 Å².